The van der Waals surface area contributed by atoms with Crippen LogP contribution in [-0.2, 0) is 42.8 Å². The molecule has 560 valence electrons. The molecular weight excluding hydrogens is 1230 g/mol. The Hall–Kier alpha value is -2.27. The molecule has 0 saturated carbocycles. The topological polar surface area (TPSA) is 373 Å². The summed E-state index contributed by atoms with van der Waals surface area (Å²) in [5, 5.41) is 136. The summed E-state index contributed by atoms with van der Waals surface area (Å²) in [4.78, 5) is 38.6. The minimum Gasteiger partial charge on any atom is -0.477 e. The summed E-state index contributed by atoms with van der Waals surface area (Å²) >= 11 is 0. The average molecular weight is 1370 g/mol. The Morgan fingerprint density at radius 2 is 0.916 bits per heavy atom. The lowest BCUT2D eigenvalue weighted by atomic mass is 9.88. The van der Waals surface area contributed by atoms with Crippen LogP contribution < -0.4 is 10.6 Å². The van der Waals surface area contributed by atoms with E-state index in [0.717, 1.165) is 51.9 Å². The molecule has 18 atom stereocenters. The lowest BCUT2D eigenvalue weighted by Gasteiger charge is -2.50. The van der Waals surface area contributed by atoms with Gasteiger partial charge in [-0.15, -0.1) is 0 Å². The van der Waals surface area contributed by atoms with Crippen molar-refractivity contribution in [3.63, 3.8) is 0 Å². The number of aliphatic carboxylic acids is 1. The Morgan fingerprint density at radius 3 is 1.32 bits per heavy atom. The van der Waals surface area contributed by atoms with Gasteiger partial charge in [0.1, 0.15) is 67.1 Å². The first kappa shape index (κ1) is 86.9. The third-order valence-electron chi connectivity index (χ3n) is 19.6. The van der Waals surface area contributed by atoms with Crippen LogP contribution in [0.1, 0.15) is 303 Å². The van der Waals surface area contributed by atoms with Crippen molar-refractivity contribution in [1.29, 1.82) is 0 Å². The van der Waals surface area contributed by atoms with Crippen molar-refractivity contribution in [1.82, 2.24) is 10.6 Å². The minimum absolute atomic E-state index is 0.229. The van der Waals surface area contributed by atoms with Crippen molar-refractivity contribution in [3.8, 4) is 0 Å². The lowest BCUT2D eigenvalue weighted by molar-refractivity contribution is -0.386. The summed E-state index contributed by atoms with van der Waals surface area (Å²) in [7, 11) is 0. The van der Waals surface area contributed by atoms with Crippen molar-refractivity contribution < 1.29 is 104 Å². The van der Waals surface area contributed by atoms with Gasteiger partial charge in [0, 0.05) is 19.8 Å². The molecule has 23 heteroatoms. The molecule has 2 amide bonds. The number of carbonyl (C=O) groups is 3. The van der Waals surface area contributed by atoms with Gasteiger partial charge in [0.25, 0.3) is 5.79 Å². The van der Waals surface area contributed by atoms with E-state index < -0.39 is 148 Å². The van der Waals surface area contributed by atoms with Crippen molar-refractivity contribution in [3.05, 3.63) is 0 Å². The van der Waals surface area contributed by atoms with Gasteiger partial charge >= 0.3 is 5.97 Å². The number of hydrogen-bond acceptors (Lipinski definition) is 20. The molecule has 95 heavy (non-hydrogen) atoms. The van der Waals surface area contributed by atoms with Gasteiger partial charge in [-0.1, -0.05) is 271 Å². The zero-order valence-electron chi connectivity index (χ0n) is 58.8. The first-order chi connectivity index (χ1) is 45.9. The molecule has 0 radical (unpaired) electrons. The smallest absolute Gasteiger partial charge is 0.364 e. The average Bonchev–Trinajstić information content (AvgIpc) is 0.758. The highest BCUT2D eigenvalue weighted by molar-refractivity contribution is 5.77. The quantitative estimate of drug-likeness (QED) is 0.0254. The number of nitrogens with one attached hydrogen (secondary N) is 2. The molecule has 0 bridgehead atoms. The fourth-order valence-electron chi connectivity index (χ4n) is 13.5. The van der Waals surface area contributed by atoms with Crippen LogP contribution in [0, 0.1) is 0 Å². The van der Waals surface area contributed by atoms with Crippen molar-refractivity contribution >= 4 is 17.8 Å². The number of aliphatic hydroxyl groups excluding tert-OH is 11. The van der Waals surface area contributed by atoms with Crippen molar-refractivity contribution in [2.24, 2.45) is 0 Å². The Kier molecular flexibility index (Phi) is 48.2. The van der Waals surface area contributed by atoms with Crippen LogP contribution in [0.2, 0.25) is 0 Å². The zero-order valence-corrected chi connectivity index (χ0v) is 58.8. The second-order valence-corrected chi connectivity index (χ2v) is 27.9. The normalized spacial score (nSPS) is 27.7. The van der Waals surface area contributed by atoms with E-state index in [1.807, 2.05) is 0 Å². The number of hydrogen-bond donors (Lipinski definition) is 14. The largest absolute Gasteiger partial charge is 0.477 e. The molecule has 0 aromatic rings. The monoisotopic (exact) mass is 1360 g/mol. The second kappa shape index (κ2) is 52.7. The van der Waals surface area contributed by atoms with Crippen LogP contribution in [-0.4, -0.2) is 215 Å². The van der Waals surface area contributed by atoms with E-state index in [2.05, 4.69) is 24.5 Å². The number of carbonyl (C=O) groups excluding carboxylic acids is 2. The Bertz CT molecular complexity index is 1910. The number of amides is 2. The third-order valence-corrected chi connectivity index (χ3v) is 19.6. The van der Waals surface area contributed by atoms with E-state index in [-0.39, 0.29) is 18.9 Å². The Morgan fingerprint density at radius 1 is 0.505 bits per heavy atom. The molecule has 14 N–H and O–H groups in total. The molecule has 0 spiro atoms. The molecule has 3 aliphatic rings. The van der Waals surface area contributed by atoms with Gasteiger partial charge in [-0.3, -0.25) is 9.59 Å². The van der Waals surface area contributed by atoms with E-state index in [0.29, 0.717) is 19.3 Å². The maximum atomic E-state index is 13.5. The predicted molar refractivity (Wildman–Crippen MR) is 362 cm³/mol. The molecule has 18 unspecified atom stereocenters. The SMILES string of the molecule is CCCCCCCCCCCCCCCCCCCCCCCCC(O)C(COC1OC(CO)C(OC2OC(CO)C(O)C(OC3(C(=O)O)CC(O)C(NC(C)=O)C(C(O)C(O)CO)O3)C2O)C(O)C1O)NC(=O)CCCCCCCCCCCCCCCCCCCCC. The first-order valence-corrected chi connectivity index (χ1v) is 37.9. The zero-order chi connectivity index (χ0) is 69.6. The van der Waals surface area contributed by atoms with Crippen LogP contribution in [0.4, 0.5) is 0 Å². The summed E-state index contributed by atoms with van der Waals surface area (Å²) in [6.07, 6.45) is 22.3. The van der Waals surface area contributed by atoms with Gasteiger partial charge in [0.05, 0.1) is 50.7 Å². The van der Waals surface area contributed by atoms with Gasteiger partial charge in [0.15, 0.2) is 12.6 Å². The summed E-state index contributed by atoms with van der Waals surface area (Å²) in [6, 6.07) is -2.52. The van der Waals surface area contributed by atoms with Crippen LogP contribution in [0.15, 0.2) is 0 Å². The Balaban J connectivity index is 1.55. The highest BCUT2D eigenvalue weighted by atomic mass is 16.8. The predicted octanol–water partition coefficient (Wildman–Crippen LogP) is 8.46. The van der Waals surface area contributed by atoms with E-state index in [1.165, 1.54) is 205 Å². The van der Waals surface area contributed by atoms with Crippen LogP contribution in [0.3, 0.4) is 0 Å². The number of rotatable bonds is 59. The molecule has 3 heterocycles. The number of ether oxygens (including phenoxy) is 6. The van der Waals surface area contributed by atoms with E-state index >= 15 is 0 Å². The fraction of sp³-hybridized carbons (Fsp3) is 0.958. The van der Waals surface area contributed by atoms with E-state index in [9.17, 15) is 75.7 Å². The Labute approximate surface area is 569 Å². The first-order valence-electron chi connectivity index (χ1n) is 37.9. The molecule has 3 fully saturated rings. The van der Waals surface area contributed by atoms with Gasteiger partial charge < -0.3 is 100 Å². The minimum atomic E-state index is -3.08. The summed E-state index contributed by atoms with van der Waals surface area (Å²) < 4.78 is 34.9. The molecule has 0 aromatic heterocycles. The fourth-order valence-corrected chi connectivity index (χ4v) is 13.5. The van der Waals surface area contributed by atoms with Crippen molar-refractivity contribution in [2.45, 2.75) is 413 Å². The van der Waals surface area contributed by atoms with Crippen molar-refractivity contribution in [2.75, 3.05) is 26.4 Å². The van der Waals surface area contributed by atoms with Crippen LogP contribution in [0.5, 0.6) is 0 Å². The molecular formula is C72H136N2O21. The van der Waals surface area contributed by atoms with Crippen LogP contribution >= 0.6 is 0 Å². The molecule has 3 rings (SSSR count). The molecule has 23 nitrogen and oxygen atoms in total. The molecule has 0 aromatic carbocycles. The lowest BCUT2D eigenvalue weighted by Crippen LogP contribution is -2.70. The standard InChI is InChI=1S/C72H136N2O21/c1-4-6-8-10-12-14-16-18-20-22-24-25-26-28-29-31-33-35-37-39-41-43-45-54(79)53(74-59(82)46-44-42-40-38-36-34-32-30-27-23-21-19-17-15-13-11-9-7-5-2)51-90-69-64(86)63(85)66(58(50-77)92-69)93-70-65(87)68(62(84)57(49-76)91-70)95-72(71(88)89)47-55(80)60(73-52(3)78)67(94-72)61(83)56(81)48-75/h53-58,60-70,75-77,79-81,83-87H,4-51H2,1-3H3,(H,73,78)(H,74,82)(H,88,89). The van der Waals surface area contributed by atoms with Crippen LogP contribution in [0.25, 0.3) is 0 Å². The number of carboxylic acid groups (broad SMARTS) is 1. The van der Waals surface area contributed by atoms with Gasteiger partial charge in [0.2, 0.25) is 11.8 Å². The third kappa shape index (κ3) is 34.3. The maximum absolute atomic E-state index is 13.5. The molecule has 0 aliphatic carbocycles. The second-order valence-electron chi connectivity index (χ2n) is 27.9. The maximum Gasteiger partial charge on any atom is 0.364 e. The summed E-state index contributed by atoms with van der Waals surface area (Å²) in [5.74, 6) is -6.09. The summed E-state index contributed by atoms with van der Waals surface area (Å²) in [6.45, 7) is 2.25. The molecule has 3 saturated heterocycles. The van der Waals surface area contributed by atoms with E-state index in [4.69, 9.17) is 28.4 Å². The molecule has 3 aliphatic heterocycles. The van der Waals surface area contributed by atoms with E-state index in [1.54, 1.807) is 0 Å². The van der Waals surface area contributed by atoms with Gasteiger partial charge in [-0.25, -0.2) is 4.79 Å². The van der Waals surface area contributed by atoms with Gasteiger partial charge in [-0.2, -0.15) is 0 Å². The highest BCUT2D eigenvalue weighted by Crippen LogP contribution is 2.39. The number of unbranched alkanes of at least 4 members (excludes halogenated alkanes) is 39. The van der Waals surface area contributed by atoms with Gasteiger partial charge in [-0.05, 0) is 12.8 Å². The summed E-state index contributed by atoms with van der Waals surface area (Å²) in [5.41, 5.74) is 0. The number of carboxylic acids is 1. The highest BCUT2D eigenvalue weighted by Gasteiger charge is 2.60. The number of aliphatic hydroxyl groups is 11.